The molecule has 2 aromatic heterocycles. The second-order valence-corrected chi connectivity index (χ2v) is 7.45. The molecule has 0 spiro atoms. The number of benzene rings is 1. The van der Waals surface area contributed by atoms with Gasteiger partial charge in [0.05, 0.1) is 40.5 Å². The first-order valence-electron chi connectivity index (χ1n) is 9.82. The fourth-order valence-electron chi connectivity index (χ4n) is 3.57. The summed E-state index contributed by atoms with van der Waals surface area (Å²) in [6, 6.07) is 8.92. The van der Waals surface area contributed by atoms with Gasteiger partial charge >= 0.3 is 5.82 Å². The summed E-state index contributed by atoms with van der Waals surface area (Å²) in [5.41, 5.74) is 5.09. The third kappa shape index (κ3) is 4.24. The molecule has 3 aromatic rings. The zero-order chi connectivity index (χ0) is 22.0. The van der Waals surface area contributed by atoms with E-state index >= 15 is 0 Å². The van der Waals surface area contributed by atoms with Gasteiger partial charge in [-0.15, -0.1) is 0 Å². The molecule has 3 rings (SSSR count). The molecule has 1 atom stereocenters. The average molecular weight is 410 g/mol. The predicted octanol–water partition coefficient (Wildman–Crippen LogP) is 3.86. The highest BCUT2D eigenvalue weighted by Gasteiger charge is 2.28. The van der Waals surface area contributed by atoms with Gasteiger partial charge in [0.25, 0.3) is 5.91 Å². The highest BCUT2D eigenvalue weighted by molar-refractivity contribution is 5.94. The quantitative estimate of drug-likeness (QED) is 0.470. The Kier molecular flexibility index (Phi) is 6.00. The van der Waals surface area contributed by atoms with Gasteiger partial charge in [-0.05, 0) is 44.6 Å². The van der Waals surface area contributed by atoms with Crippen molar-refractivity contribution in [3.8, 4) is 0 Å². The Labute approximate surface area is 174 Å². The zero-order valence-electron chi connectivity index (χ0n) is 17.8. The lowest BCUT2D eigenvalue weighted by Gasteiger charge is -2.14. The minimum atomic E-state index is -0.655. The molecule has 0 aliphatic rings. The fourth-order valence-corrected chi connectivity index (χ4v) is 3.57. The minimum Gasteiger partial charge on any atom is -0.358 e. The van der Waals surface area contributed by atoms with Gasteiger partial charge in [0.1, 0.15) is 0 Å². The zero-order valence-corrected chi connectivity index (χ0v) is 17.8. The van der Waals surface area contributed by atoms with Crippen LogP contribution < -0.4 is 5.32 Å². The predicted molar refractivity (Wildman–Crippen MR) is 114 cm³/mol. The molecule has 0 bridgehead atoms. The third-order valence-corrected chi connectivity index (χ3v) is 5.13. The van der Waals surface area contributed by atoms with Gasteiger partial charge in [0.15, 0.2) is 6.04 Å². The Morgan fingerprint density at radius 2 is 1.93 bits per heavy atom. The molecule has 30 heavy (non-hydrogen) atoms. The topological polar surface area (TPSA) is 108 Å². The van der Waals surface area contributed by atoms with Crippen LogP contribution in [0.1, 0.15) is 47.6 Å². The monoisotopic (exact) mass is 410 g/mol. The Bertz CT molecular complexity index is 1100. The van der Waals surface area contributed by atoms with Crippen LogP contribution >= 0.6 is 0 Å². The molecule has 1 N–H and O–H groups in total. The van der Waals surface area contributed by atoms with E-state index in [-0.39, 0.29) is 11.7 Å². The summed E-state index contributed by atoms with van der Waals surface area (Å²) >= 11 is 0. The SMILES string of the molecule is CCC(C(=O)Nc1c(C)nn(Cc2cccc(C)c2)c1C)n1nc([N+](=O)[O-])cc1C. The standard InChI is InChI=1S/C21H26N6O3/c1-6-18(26-14(3)11-19(24-26)27(29)30)21(28)22-20-15(4)23-25(16(20)5)12-17-9-7-8-13(2)10-17/h7-11,18H,6,12H2,1-5H3,(H,22,28). The summed E-state index contributed by atoms with van der Waals surface area (Å²) in [5.74, 6) is -0.544. The minimum absolute atomic E-state index is 0.267. The highest BCUT2D eigenvalue weighted by Crippen LogP contribution is 2.24. The number of carbonyl (C=O) groups excluding carboxylic acids is 1. The summed E-state index contributed by atoms with van der Waals surface area (Å²) in [6.07, 6.45) is 0.445. The number of carbonyl (C=O) groups is 1. The van der Waals surface area contributed by atoms with Crippen molar-refractivity contribution in [2.75, 3.05) is 5.32 Å². The van der Waals surface area contributed by atoms with E-state index in [1.807, 2.05) is 50.6 Å². The number of aromatic nitrogens is 4. The van der Waals surface area contributed by atoms with E-state index in [1.54, 1.807) is 6.92 Å². The van der Waals surface area contributed by atoms with E-state index in [1.165, 1.54) is 16.3 Å². The molecule has 9 nitrogen and oxygen atoms in total. The van der Waals surface area contributed by atoms with Crippen LogP contribution in [0.15, 0.2) is 30.3 Å². The number of aryl methyl sites for hydroxylation is 3. The molecule has 2 heterocycles. The maximum Gasteiger partial charge on any atom is 0.390 e. The molecule has 1 unspecified atom stereocenters. The van der Waals surface area contributed by atoms with Crippen LogP contribution in [0.25, 0.3) is 0 Å². The summed E-state index contributed by atoms with van der Waals surface area (Å²) in [5, 5.41) is 22.6. The summed E-state index contributed by atoms with van der Waals surface area (Å²) in [7, 11) is 0. The Morgan fingerprint density at radius 1 is 1.20 bits per heavy atom. The van der Waals surface area contributed by atoms with Crippen molar-refractivity contribution >= 4 is 17.4 Å². The first-order chi connectivity index (χ1) is 14.2. The van der Waals surface area contributed by atoms with Gasteiger partial charge in [0, 0.05) is 0 Å². The summed E-state index contributed by atoms with van der Waals surface area (Å²) in [4.78, 5) is 23.5. The number of nitro groups is 1. The lowest BCUT2D eigenvalue weighted by atomic mass is 10.1. The number of anilines is 1. The average Bonchev–Trinajstić information content (AvgIpc) is 3.18. The van der Waals surface area contributed by atoms with Crippen molar-refractivity contribution in [3.63, 3.8) is 0 Å². The molecule has 0 saturated heterocycles. The summed E-state index contributed by atoms with van der Waals surface area (Å²) in [6.45, 7) is 9.95. The number of rotatable bonds is 7. The van der Waals surface area contributed by atoms with Gasteiger partial charge in [0.2, 0.25) is 0 Å². The van der Waals surface area contributed by atoms with E-state index in [0.29, 0.717) is 30.0 Å². The van der Waals surface area contributed by atoms with Crippen molar-refractivity contribution in [2.45, 2.75) is 53.6 Å². The van der Waals surface area contributed by atoms with Crippen LogP contribution in [0.3, 0.4) is 0 Å². The molecular weight excluding hydrogens is 384 g/mol. The highest BCUT2D eigenvalue weighted by atomic mass is 16.6. The lowest BCUT2D eigenvalue weighted by Crippen LogP contribution is -2.27. The molecule has 9 heteroatoms. The second-order valence-electron chi connectivity index (χ2n) is 7.45. The van der Waals surface area contributed by atoms with Crippen molar-refractivity contribution in [1.29, 1.82) is 0 Å². The maximum atomic E-state index is 13.0. The van der Waals surface area contributed by atoms with E-state index in [9.17, 15) is 14.9 Å². The Hall–Kier alpha value is -3.49. The van der Waals surface area contributed by atoms with Crippen LogP contribution in [0.2, 0.25) is 0 Å². The van der Waals surface area contributed by atoms with Crippen LogP contribution in [0, 0.1) is 37.8 Å². The summed E-state index contributed by atoms with van der Waals surface area (Å²) < 4.78 is 3.28. The van der Waals surface area contributed by atoms with E-state index in [4.69, 9.17) is 0 Å². The van der Waals surface area contributed by atoms with Gasteiger partial charge in [-0.1, -0.05) is 36.8 Å². The molecule has 0 aliphatic heterocycles. The maximum absolute atomic E-state index is 13.0. The molecular formula is C21H26N6O3. The van der Waals surface area contributed by atoms with Crippen molar-refractivity contribution in [1.82, 2.24) is 19.6 Å². The molecule has 158 valence electrons. The number of amides is 1. The fraction of sp³-hybridized carbons (Fsp3) is 0.381. The molecule has 0 saturated carbocycles. The van der Waals surface area contributed by atoms with Crippen molar-refractivity contribution < 1.29 is 9.72 Å². The van der Waals surface area contributed by atoms with Crippen LogP contribution in [0.5, 0.6) is 0 Å². The van der Waals surface area contributed by atoms with E-state index < -0.39 is 11.0 Å². The number of nitrogens with zero attached hydrogens (tertiary/aromatic N) is 5. The van der Waals surface area contributed by atoms with Gasteiger partial charge in [-0.25, -0.2) is 0 Å². The molecule has 1 amide bonds. The van der Waals surface area contributed by atoms with Crippen LogP contribution in [-0.2, 0) is 11.3 Å². The van der Waals surface area contributed by atoms with Gasteiger partial charge < -0.3 is 15.4 Å². The number of nitrogens with one attached hydrogen (secondary N) is 1. The molecule has 0 radical (unpaired) electrons. The number of hydrogen-bond donors (Lipinski definition) is 1. The first kappa shape index (κ1) is 21.2. The lowest BCUT2D eigenvalue weighted by molar-refractivity contribution is -0.389. The smallest absolute Gasteiger partial charge is 0.358 e. The molecule has 1 aromatic carbocycles. The van der Waals surface area contributed by atoms with Gasteiger partial charge in [-0.3, -0.25) is 9.48 Å². The largest absolute Gasteiger partial charge is 0.390 e. The second kappa shape index (κ2) is 8.48. The van der Waals surface area contributed by atoms with E-state index in [2.05, 4.69) is 21.6 Å². The molecule has 0 aliphatic carbocycles. The Balaban J connectivity index is 1.83. The normalized spacial score (nSPS) is 12.0. The van der Waals surface area contributed by atoms with Crippen molar-refractivity contribution in [3.05, 3.63) is 68.7 Å². The Morgan fingerprint density at radius 3 is 2.53 bits per heavy atom. The first-order valence-corrected chi connectivity index (χ1v) is 9.82. The third-order valence-electron chi connectivity index (χ3n) is 5.13. The van der Waals surface area contributed by atoms with Gasteiger partial charge in [-0.2, -0.15) is 9.78 Å². The van der Waals surface area contributed by atoms with E-state index in [0.717, 1.165) is 11.3 Å². The van der Waals surface area contributed by atoms with Crippen LogP contribution in [0.4, 0.5) is 11.5 Å². The van der Waals surface area contributed by atoms with Crippen LogP contribution in [-0.4, -0.2) is 30.4 Å². The van der Waals surface area contributed by atoms with Crippen molar-refractivity contribution in [2.24, 2.45) is 0 Å². The number of hydrogen-bond acceptors (Lipinski definition) is 5. The molecule has 0 fully saturated rings.